The minimum absolute atomic E-state index is 0.173. The van der Waals surface area contributed by atoms with Crippen molar-refractivity contribution in [3.63, 3.8) is 0 Å². The Hall–Kier alpha value is -2.82. The summed E-state index contributed by atoms with van der Waals surface area (Å²) >= 11 is 0. The van der Waals surface area contributed by atoms with Crippen LogP contribution in [0.1, 0.15) is 12.5 Å². The van der Waals surface area contributed by atoms with Crippen molar-refractivity contribution in [1.29, 1.82) is 0 Å². The number of rotatable bonds is 4. The highest BCUT2D eigenvalue weighted by atomic mass is 16.5. The highest BCUT2D eigenvalue weighted by Crippen LogP contribution is 2.26. The molecular weight excluding hydrogens is 292 g/mol. The SMILES string of the molecule is CCOC(=O)C(=O)Nc1ccc(-c2ccc(NC)cc2)cc1C. The quantitative estimate of drug-likeness (QED) is 0.672. The number of benzene rings is 2. The second-order valence-electron chi connectivity index (χ2n) is 5.03. The molecular formula is C18H20N2O3. The van der Waals surface area contributed by atoms with Crippen LogP contribution in [-0.2, 0) is 14.3 Å². The van der Waals surface area contributed by atoms with Crippen molar-refractivity contribution in [2.24, 2.45) is 0 Å². The first-order valence-corrected chi connectivity index (χ1v) is 7.42. The van der Waals surface area contributed by atoms with Crippen molar-refractivity contribution in [3.8, 4) is 11.1 Å². The van der Waals surface area contributed by atoms with Gasteiger partial charge in [0.05, 0.1) is 6.61 Å². The lowest BCUT2D eigenvalue weighted by atomic mass is 10.0. The van der Waals surface area contributed by atoms with Crippen molar-refractivity contribution in [2.75, 3.05) is 24.3 Å². The maximum absolute atomic E-state index is 11.7. The lowest BCUT2D eigenvalue weighted by Gasteiger charge is -2.10. The first-order chi connectivity index (χ1) is 11.0. The molecule has 0 atom stereocenters. The van der Waals surface area contributed by atoms with Gasteiger partial charge in [-0.3, -0.25) is 4.79 Å². The summed E-state index contributed by atoms with van der Waals surface area (Å²) in [5.74, 6) is -1.64. The van der Waals surface area contributed by atoms with Gasteiger partial charge < -0.3 is 15.4 Å². The fourth-order valence-corrected chi connectivity index (χ4v) is 2.18. The normalized spacial score (nSPS) is 10.0. The molecule has 0 unspecified atom stereocenters. The molecule has 23 heavy (non-hydrogen) atoms. The predicted octanol–water partition coefficient (Wildman–Crippen LogP) is 3.21. The van der Waals surface area contributed by atoms with Crippen LogP contribution < -0.4 is 10.6 Å². The Morgan fingerprint density at radius 3 is 2.26 bits per heavy atom. The average molecular weight is 312 g/mol. The maximum atomic E-state index is 11.7. The Bertz CT molecular complexity index is 709. The van der Waals surface area contributed by atoms with Gasteiger partial charge in [-0.15, -0.1) is 0 Å². The Labute approximate surface area is 135 Å². The monoisotopic (exact) mass is 312 g/mol. The van der Waals surface area contributed by atoms with Gasteiger partial charge in [0, 0.05) is 18.4 Å². The Kier molecular flexibility index (Phi) is 5.36. The van der Waals surface area contributed by atoms with E-state index in [1.807, 2.05) is 50.4 Å². The molecule has 2 aromatic carbocycles. The van der Waals surface area contributed by atoms with Crippen LogP contribution in [0.4, 0.5) is 11.4 Å². The van der Waals surface area contributed by atoms with Crippen LogP contribution in [0.25, 0.3) is 11.1 Å². The molecule has 5 heteroatoms. The van der Waals surface area contributed by atoms with Crippen LogP contribution in [-0.4, -0.2) is 25.5 Å². The molecule has 2 aromatic rings. The topological polar surface area (TPSA) is 67.4 Å². The van der Waals surface area contributed by atoms with Crippen LogP contribution in [0.2, 0.25) is 0 Å². The predicted molar refractivity (Wildman–Crippen MR) is 91.4 cm³/mol. The van der Waals surface area contributed by atoms with Gasteiger partial charge in [-0.25, -0.2) is 4.79 Å². The zero-order chi connectivity index (χ0) is 16.8. The standard InChI is InChI=1S/C18H20N2O3/c1-4-23-18(22)17(21)20-16-10-7-14(11-12(16)2)13-5-8-15(19-3)9-6-13/h5-11,19H,4H2,1-3H3,(H,20,21). The Morgan fingerprint density at radius 2 is 1.70 bits per heavy atom. The summed E-state index contributed by atoms with van der Waals surface area (Å²) in [6, 6.07) is 13.7. The first kappa shape index (κ1) is 16.5. The number of esters is 1. The third-order valence-electron chi connectivity index (χ3n) is 3.44. The van der Waals surface area contributed by atoms with E-state index < -0.39 is 11.9 Å². The summed E-state index contributed by atoms with van der Waals surface area (Å²) in [6.07, 6.45) is 0. The van der Waals surface area contributed by atoms with Gasteiger partial charge in [0.1, 0.15) is 0 Å². The fraction of sp³-hybridized carbons (Fsp3) is 0.222. The van der Waals surface area contributed by atoms with Crippen LogP contribution in [0, 0.1) is 6.92 Å². The summed E-state index contributed by atoms with van der Waals surface area (Å²) in [4.78, 5) is 23.1. The van der Waals surface area contributed by atoms with E-state index in [4.69, 9.17) is 0 Å². The molecule has 0 saturated carbocycles. The summed E-state index contributed by atoms with van der Waals surface area (Å²) < 4.78 is 4.67. The van der Waals surface area contributed by atoms with Gasteiger partial charge in [-0.2, -0.15) is 0 Å². The lowest BCUT2D eigenvalue weighted by Crippen LogP contribution is -2.25. The molecule has 0 spiro atoms. The molecule has 0 fully saturated rings. The van der Waals surface area contributed by atoms with Crippen molar-refractivity contribution in [2.45, 2.75) is 13.8 Å². The van der Waals surface area contributed by atoms with Crippen LogP contribution >= 0.6 is 0 Å². The molecule has 1 amide bonds. The van der Waals surface area contributed by atoms with E-state index >= 15 is 0 Å². The number of hydrogen-bond donors (Lipinski definition) is 2. The summed E-state index contributed by atoms with van der Waals surface area (Å²) in [6.45, 7) is 3.71. The minimum Gasteiger partial charge on any atom is -0.459 e. The zero-order valence-corrected chi connectivity index (χ0v) is 13.5. The Balaban J connectivity index is 2.17. The highest BCUT2D eigenvalue weighted by molar-refractivity contribution is 6.37. The van der Waals surface area contributed by atoms with E-state index in [9.17, 15) is 9.59 Å². The van der Waals surface area contributed by atoms with Crippen molar-refractivity contribution in [3.05, 3.63) is 48.0 Å². The third kappa shape index (κ3) is 4.10. The summed E-state index contributed by atoms with van der Waals surface area (Å²) in [7, 11) is 1.88. The van der Waals surface area contributed by atoms with Crippen LogP contribution in [0.3, 0.4) is 0 Å². The largest absolute Gasteiger partial charge is 0.459 e. The Morgan fingerprint density at radius 1 is 1.04 bits per heavy atom. The van der Waals surface area contributed by atoms with Crippen molar-refractivity contribution < 1.29 is 14.3 Å². The molecule has 0 radical (unpaired) electrons. The number of hydrogen-bond acceptors (Lipinski definition) is 4. The van der Waals surface area contributed by atoms with Gasteiger partial charge in [-0.1, -0.05) is 18.2 Å². The maximum Gasteiger partial charge on any atom is 0.397 e. The first-order valence-electron chi connectivity index (χ1n) is 7.42. The van der Waals surface area contributed by atoms with Gasteiger partial charge in [0.15, 0.2) is 0 Å². The van der Waals surface area contributed by atoms with Gasteiger partial charge in [0.25, 0.3) is 0 Å². The zero-order valence-electron chi connectivity index (χ0n) is 13.5. The van der Waals surface area contributed by atoms with E-state index in [2.05, 4.69) is 15.4 Å². The molecule has 0 heterocycles. The molecule has 0 saturated heterocycles. The van der Waals surface area contributed by atoms with Crippen molar-refractivity contribution >= 4 is 23.3 Å². The van der Waals surface area contributed by atoms with Crippen molar-refractivity contribution in [1.82, 2.24) is 0 Å². The molecule has 5 nitrogen and oxygen atoms in total. The number of anilines is 2. The number of ether oxygens (including phenoxy) is 1. The smallest absolute Gasteiger partial charge is 0.397 e. The second-order valence-corrected chi connectivity index (χ2v) is 5.03. The molecule has 0 aliphatic rings. The molecule has 0 aliphatic carbocycles. The number of carbonyl (C=O) groups is 2. The van der Waals surface area contributed by atoms with E-state index in [0.29, 0.717) is 5.69 Å². The molecule has 2 N–H and O–H groups in total. The summed E-state index contributed by atoms with van der Waals surface area (Å²) in [5.41, 5.74) is 4.63. The minimum atomic E-state index is -0.876. The van der Waals surface area contributed by atoms with E-state index in [-0.39, 0.29) is 6.61 Å². The second kappa shape index (κ2) is 7.45. The number of nitrogens with one attached hydrogen (secondary N) is 2. The van der Waals surface area contributed by atoms with Gasteiger partial charge in [0.2, 0.25) is 0 Å². The van der Waals surface area contributed by atoms with Crippen LogP contribution in [0.5, 0.6) is 0 Å². The average Bonchev–Trinajstić information content (AvgIpc) is 2.57. The van der Waals surface area contributed by atoms with Gasteiger partial charge >= 0.3 is 11.9 Å². The van der Waals surface area contributed by atoms with Crippen LogP contribution in [0.15, 0.2) is 42.5 Å². The molecule has 0 bridgehead atoms. The number of carbonyl (C=O) groups excluding carboxylic acids is 2. The molecule has 0 aliphatic heterocycles. The summed E-state index contributed by atoms with van der Waals surface area (Å²) in [5, 5.41) is 5.65. The van der Waals surface area contributed by atoms with E-state index in [1.165, 1.54) is 0 Å². The van der Waals surface area contributed by atoms with Gasteiger partial charge in [-0.05, 0) is 54.8 Å². The molecule has 2 rings (SSSR count). The third-order valence-corrected chi connectivity index (χ3v) is 3.44. The fourth-order valence-electron chi connectivity index (χ4n) is 2.18. The van der Waals surface area contributed by atoms with E-state index in [1.54, 1.807) is 13.0 Å². The van der Waals surface area contributed by atoms with E-state index in [0.717, 1.165) is 22.4 Å². The highest BCUT2D eigenvalue weighted by Gasteiger charge is 2.15. The number of amides is 1. The molecule has 120 valence electrons. The number of aryl methyl sites for hydroxylation is 1. The lowest BCUT2D eigenvalue weighted by molar-refractivity contribution is -0.152. The molecule has 0 aromatic heterocycles.